The van der Waals surface area contributed by atoms with Gasteiger partial charge in [0.2, 0.25) is 0 Å². The van der Waals surface area contributed by atoms with Gasteiger partial charge >= 0.3 is 0 Å². The van der Waals surface area contributed by atoms with E-state index in [1.807, 2.05) is 10.8 Å². The van der Waals surface area contributed by atoms with E-state index in [4.69, 9.17) is 11.6 Å². The van der Waals surface area contributed by atoms with Crippen LogP contribution in [0.3, 0.4) is 0 Å². The molecule has 0 unspecified atom stereocenters. The van der Waals surface area contributed by atoms with Gasteiger partial charge in [-0.05, 0) is 42.8 Å². The predicted molar refractivity (Wildman–Crippen MR) is 110 cm³/mol. The third kappa shape index (κ3) is 3.90. The van der Waals surface area contributed by atoms with Crippen LogP contribution in [0.4, 0.5) is 9.52 Å². The summed E-state index contributed by atoms with van der Waals surface area (Å²) in [7, 11) is 0. The lowest BCUT2D eigenvalue weighted by molar-refractivity contribution is 0.0986. The molecule has 2 heterocycles. The summed E-state index contributed by atoms with van der Waals surface area (Å²) in [5, 5.41) is 1.04. The molecule has 5 nitrogen and oxygen atoms in total. The van der Waals surface area contributed by atoms with Gasteiger partial charge in [0.1, 0.15) is 11.3 Å². The number of hydrogen-bond acceptors (Lipinski definition) is 4. The fraction of sp³-hybridized carbons (Fsp3) is 0.150. The van der Waals surface area contributed by atoms with Crippen LogP contribution in [0.25, 0.3) is 10.2 Å². The third-order valence-electron chi connectivity index (χ3n) is 4.28. The minimum Gasteiger partial charge on any atom is -0.337 e. The minimum absolute atomic E-state index is 0.193. The molecular weight excluding hydrogens is 399 g/mol. The van der Waals surface area contributed by atoms with E-state index in [0.29, 0.717) is 39.9 Å². The number of amides is 1. The number of nitrogens with zero attached hydrogens (tertiary/aromatic N) is 4. The molecule has 8 heteroatoms. The number of fused-ring (bicyclic) bond motifs is 1. The maximum Gasteiger partial charge on any atom is 0.260 e. The Kier molecular flexibility index (Phi) is 5.36. The molecule has 0 radical (unpaired) electrons. The van der Waals surface area contributed by atoms with Gasteiger partial charge in [0.05, 0.1) is 11.0 Å². The molecule has 2 aromatic carbocycles. The van der Waals surface area contributed by atoms with Gasteiger partial charge in [-0.1, -0.05) is 29.0 Å². The van der Waals surface area contributed by atoms with E-state index in [-0.39, 0.29) is 11.4 Å². The number of thiazole rings is 1. The number of aryl methyl sites for hydroxylation is 1. The zero-order valence-corrected chi connectivity index (χ0v) is 16.3. The second kappa shape index (κ2) is 8.08. The Morgan fingerprint density at radius 3 is 2.75 bits per heavy atom. The van der Waals surface area contributed by atoms with E-state index in [1.165, 1.54) is 17.4 Å². The van der Waals surface area contributed by atoms with E-state index in [2.05, 4.69) is 9.97 Å². The maximum absolute atomic E-state index is 14.1. The molecule has 0 saturated heterocycles. The molecule has 0 aliphatic carbocycles. The smallest absolute Gasteiger partial charge is 0.260 e. The Balaban J connectivity index is 1.64. The van der Waals surface area contributed by atoms with Crippen LogP contribution in [0.1, 0.15) is 16.8 Å². The highest BCUT2D eigenvalue weighted by Crippen LogP contribution is 2.31. The van der Waals surface area contributed by atoms with Gasteiger partial charge in [-0.15, -0.1) is 0 Å². The monoisotopic (exact) mass is 414 g/mol. The lowest BCUT2D eigenvalue weighted by atomic mass is 10.2. The molecular formula is C20H16ClFN4OS. The summed E-state index contributed by atoms with van der Waals surface area (Å²) in [4.78, 5) is 23.2. The summed E-state index contributed by atoms with van der Waals surface area (Å²) >= 11 is 7.24. The first kappa shape index (κ1) is 18.6. The number of aromatic nitrogens is 3. The molecule has 0 atom stereocenters. The number of benzene rings is 2. The molecule has 142 valence electrons. The lowest BCUT2D eigenvalue weighted by Gasteiger charge is -2.20. The molecule has 0 fully saturated rings. The fourth-order valence-electron chi connectivity index (χ4n) is 2.88. The molecule has 1 amide bonds. The normalized spacial score (nSPS) is 11.1. The topological polar surface area (TPSA) is 51.0 Å². The zero-order valence-electron chi connectivity index (χ0n) is 14.8. The van der Waals surface area contributed by atoms with Gasteiger partial charge in [0.25, 0.3) is 5.91 Å². The summed E-state index contributed by atoms with van der Waals surface area (Å²) in [6, 6.07) is 11.5. The van der Waals surface area contributed by atoms with Gasteiger partial charge in [0.15, 0.2) is 5.13 Å². The van der Waals surface area contributed by atoms with Crippen LogP contribution in [0.2, 0.25) is 5.02 Å². The Morgan fingerprint density at radius 2 is 2.04 bits per heavy atom. The highest BCUT2D eigenvalue weighted by Gasteiger charge is 2.22. The van der Waals surface area contributed by atoms with Crippen molar-refractivity contribution in [1.29, 1.82) is 0 Å². The largest absolute Gasteiger partial charge is 0.337 e. The minimum atomic E-state index is -0.391. The fourth-order valence-corrected chi connectivity index (χ4v) is 4.01. The van der Waals surface area contributed by atoms with Crippen molar-refractivity contribution in [3.63, 3.8) is 0 Å². The number of anilines is 1. The highest BCUT2D eigenvalue weighted by molar-refractivity contribution is 7.22. The van der Waals surface area contributed by atoms with Gasteiger partial charge in [-0.3, -0.25) is 9.69 Å². The van der Waals surface area contributed by atoms with E-state index >= 15 is 0 Å². The van der Waals surface area contributed by atoms with Crippen molar-refractivity contribution < 1.29 is 9.18 Å². The third-order valence-corrected chi connectivity index (χ3v) is 5.58. The molecule has 28 heavy (non-hydrogen) atoms. The number of para-hydroxylation sites is 1. The number of imidazole rings is 1. The first-order valence-corrected chi connectivity index (χ1v) is 9.89. The highest BCUT2D eigenvalue weighted by atomic mass is 35.5. The molecule has 0 aliphatic rings. The van der Waals surface area contributed by atoms with Gasteiger partial charge in [-0.25, -0.2) is 14.4 Å². The van der Waals surface area contributed by atoms with Crippen molar-refractivity contribution in [3.8, 4) is 0 Å². The van der Waals surface area contributed by atoms with Crippen molar-refractivity contribution in [2.24, 2.45) is 0 Å². The average Bonchev–Trinajstić information content (AvgIpc) is 3.36. The molecule has 0 saturated carbocycles. The van der Waals surface area contributed by atoms with Crippen LogP contribution >= 0.6 is 22.9 Å². The summed E-state index contributed by atoms with van der Waals surface area (Å²) in [6.45, 7) is 1.16. The number of carbonyl (C=O) groups excluding carboxylic acids is 1. The summed E-state index contributed by atoms with van der Waals surface area (Å²) in [5.74, 6) is -0.584. The lowest BCUT2D eigenvalue weighted by Crippen LogP contribution is -2.32. The summed E-state index contributed by atoms with van der Waals surface area (Å²) in [6.07, 6.45) is 6.03. The Morgan fingerprint density at radius 1 is 1.21 bits per heavy atom. The average molecular weight is 415 g/mol. The van der Waals surface area contributed by atoms with Crippen molar-refractivity contribution in [2.75, 3.05) is 11.4 Å². The van der Waals surface area contributed by atoms with Crippen LogP contribution in [0.5, 0.6) is 0 Å². The number of halogens is 2. The number of hydrogen-bond donors (Lipinski definition) is 0. The van der Waals surface area contributed by atoms with Crippen molar-refractivity contribution >= 4 is 44.2 Å². The van der Waals surface area contributed by atoms with Crippen LogP contribution in [-0.2, 0) is 6.54 Å². The quantitative estimate of drug-likeness (QED) is 0.445. The first-order valence-electron chi connectivity index (χ1n) is 8.70. The van der Waals surface area contributed by atoms with Gasteiger partial charge in [0, 0.05) is 36.1 Å². The molecule has 2 aromatic heterocycles. The van der Waals surface area contributed by atoms with Gasteiger partial charge in [-0.2, -0.15) is 0 Å². The van der Waals surface area contributed by atoms with E-state index < -0.39 is 5.82 Å². The van der Waals surface area contributed by atoms with Gasteiger partial charge < -0.3 is 4.57 Å². The molecule has 4 rings (SSSR count). The Labute approximate surface area is 170 Å². The second-order valence-corrected chi connectivity index (χ2v) is 7.65. The Hall–Kier alpha value is -2.77. The molecule has 0 spiro atoms. The zero-order chi connectivity index (χ0) is 19.5. The predicted octanol–water partition coefficient (Wildman–Crippen LogP) is 5.02. The second-order valence-electron chi connectivity index (χ2n) is 6.20. The van der Waals surface area contributed by atoms with Crippen molar-refractivity contribution in [2.45, 2.75) is 13.0 Å². The molecule has 0 N–H and O–H groups in total. The first-order chi connectivity index (χ1) is 13.6. The summed E-state index contributed by atoms with van der Waals surface area (Å²) in [5.41, 5.74) is 0.790. The number of carbonyl (C=O) groups is 1. The molecule has 0 aliphatic heterocycles. The summed E-state index contributed by atoms with van der Waals surface area (Å²) < 4.78 is 16.7. The van der Waals surface area contributed by atoms with Crippen molar-refractivity contribution in [1.82, 2.24) is 14.5 Å². The van der Waals surface area contributed by atoms with Crippen molar-refractivity contribution in [3.05, 3.63) is 77.6 Å². The standard InChI is InChI=1S/C20H16ClFN4OS/c21-15-7-5-14(6-8-15)19(27)26(11-2-10-25-12-9-23-13-25)20-24-18-16(22)3-1-4-17(18)28-20/h1,3-9,12-13H,2,10-11H2. The SMILES string of the molecule is O=C(c1ccc(Cl)cc1)N(CCCn1ccnc1)c1nc2c(F)cccc2s1. The van der Waals surface area contributed by atoms with E-state index in [0.717, 1.165) is 0 Å². The van der Waals surface area contributed by atoms with Crippen LogP contribution < -0.4 is 4.90 Å². The number of rotatable bonds is 6. The maximum atomic E-state index is 14.1. The van der Waals surface area contributed by atoms with E-state index in [9.17, 15) is 9.18 Å². The van der Waals surface area contributed by atoms with Crippen LogP contribution in [0.15, 0.2) is 61.2 Å². The molecule has 0 bridgehead atoms. The van der Waals surface area contributed by atoms with Crippen LogP contribution in [-0.4, -0.2) is 27.0 Å². The van der Waals surface area contributed by atoms with E-state index in [1.54, 1.807) is 53.8 Å². The van der Waals surface area contributed by atoms with Crippen LogP contribution in [0, 0.1) is 5.82 Å². The molecule has 4 aromatic rings. The Bertz CT molecular complexity index is 1100.